The van der Waals surface area contributed by atoms with Gasteiger partial charge in [0.05, 0.1) is 16.9 Å². The summed E-state index contributed by atoms with van der Waals surface area (Å²) in [6.07, 6.45) is 4.63. The van der Waals surface area contributed by atoms with Crippen molar-refractivity contribution >= 4 is 23.5 Å². The second kappa shape index (κ2) is 12.2. The molecule has 0 aliphatic carbocycles. The number of aromatic nitrogens is 2. The molecule has 1 fully saturated rings. The fourth-order valence-electron chi connectivity index (χ4n) is 5.33. The maximum absolute atomic E-state index is 14.3. The molecule has 206 valence electrons. The molecule has 2 aliphatic heterocycles. The van der Waals surface area contributed by atoms with Gasteiger partial charge in [-0.1, -0.05) is 13.0 Å². The average molecular weight is 525 g/mol. The summed E-state index contributed by atoms with van der Waals surface area (Å²) < 4.78 is 14.3. The van der Waals surface area contributed by atoms with Gasteiger partial charge in [-0.2, -0.15) is 0 Å². The van der Waals surface area contributed by atoms with Crippen LogP contribution in [0.4, 0.5) is 16.0 Å². The van der Waals surface area contributed by atoms with Gasteiger partial charge in [0.25, 0.3) is 5.91 Å². The highest BCUT2D eigenvalue weighted by Gasteiger charge is 2.26. The summed E-state index contributed by atoms with van der Waals surface area (Å²) in [5.41, 5.74) is 2.39. The number of carbonyl (C=O) groups is 2. The monoisotopic (exact) mass is 524 g/mol. The number of aryl methyl sites for hydroxylation is 1. The molecule has 0 bridgehead atoms. The fourth-order valence-corrected chi connectivity index (χ4v) is 5.33. The van der Waals surface area contributed by atoms with Gasteiger partial charge in [-0.25, -0.2) is 14.4 Å². The van der Waals surface area contributed by atoms with Gasteiger partial charge >= 0.3 is 0 Å². The quantitative estimate of drug-likeness (QED) is 0.597. The number of amides is 2. The lowest BCUT2D eigenvalue weighted by atomic mass is 10.00. The standard InChI is InChI=1S/C29H41FN6O2/c1-20(2)33-11-6-12-36(23(5)37)27-17-25(30)8-7-24(27)19-35(16-15-33)28(38)26-18-31-29(32-22(26)4)34-13-9-21(3)10-14-34/h7-8,17-18,20-21H,6,9-16,19H2,1-5H3. The molecule has 2 aliphatic rings. The molecule has 0 atom stereocenters. The Bertz CT molecular complexity index is 1150. The Morgan fingerprint density at radius 1 is 1.05 bits per heavy atom. The summed E-state index contributed by atoms with van der Waals surface area (Å²) in [6.45, 7) is 14.5. The molecule has 8 nitrogen and oxygen atoms in total. The predicted molar refractivity (Wildman–Crippen MR) is 148 cm³/mol. The van der Waals surface area contributed by atoms with Crippen molar-refractivity contribution in [3.8, 4) is 0 Å². The van der Waals surface area contributed by atoms with E-state index in [4.69, 9.17) is 4.98 Å². The molecular formula is C29H41FN6O2. The lowest BCUT2D eigenvalue weighted by Gasteiger charge is -2.31. The van der Waals surface area contributed by atoms with Crippen molar-refractivity contribution in [3.05, 3.63) is 47.0 Å². The highest BCUT2D eigenvalue weighted by Crippen LogP contribution is 2.27. The number of fused-ring (bicyclic) bond motifs is 1. The highest BCUT2D eigenvalue weighted by atomic mass is 19.1. The first-order valence-corrected chi connectivity index (χ1v) is 13.8. The second-order valence-electron chi connectivity index (χ2n) is 11.0. The first-order valence-electron chi connectivity index (χ1n) is 13.8. The zero-order chi connectivity index (χ0) is 27.4. The van der Waals surface area contributed by atoms with Gasteiger partial charge in [-0.15, -0.1) is 0 Å². The molecule has 0 radical (unpaired) electrons. The summed E-state index contributed by atoms with van der Waals surface area (Å²) in [5, 5.41) is 0. The van der Waals surface area contributed by atoms with Crippen LogP contribution in [0.1, 0.15) is 68.6 Å². The Hall–Kier alpha value is -3.07. The maximum atomic E-state index is 14.3. The van der Waals surface area contributed by atoms with E-state index in [0.29, 0.717) is 48.4 Å². The summed E-state index contributed by atoms with van der Waals surface area (Å²) in [5.74, 6) is 0.676. The van der Waals surface area contributed by atoms with Crippen molar-refractivity contribution in [2.75, 3.05) is 49.1 Å². The predicted octanol–water partition coefficient (Wildman–Crippen LogP) is 4.27. The fraction of sp³-hybridized carbons (Fsp3) is 0.586. The minimum absolute atomic E-state index is 0.142. The van der Waals surface area contributed by atoms with Crippen LogP contribution in [0.15, 0.2) is 24.4 Å². The summed E-state index contributed by atoms with van der Waals surface area (Å²) in [7, 11) is 0. The molecule has 0 N–H and O–H groups in total. The summed E-state index contributed by atoms with van der Waals surface area (Å²) in [4.78, 5) is 43.7. The zero-order valence-corrected chi connectivity index (χ0v) is 23.4. The molecule has 0 saturated carbocycles. The number of carbonyl (C=O) groups excluding carboxylic acids is 2. The van der Waals surface area contributed by atoms with E-state index in [2.05, 4.69) is 35.6 Å². The van der Waals surface area contributed by atoms with Crippen molar-refractivity contribution < 1.29 is 14.0 Å². The van der Waals surface area contributed by atoms with Crippen LogP contribution in [-0.4, -0.2) is 76.9 Å². The Labute approximate surface area is 225 Å². The molecule has 38 heavy (non-hydrogen) atoms. The zero-order valence-electron chi connectivity index (χ0n) is 23.4. The molecule has 9 heteroatoms. The van der Waals surface area contributed by atoms with Crippen molar-refractivity contribution in [3.63, 3.8) is 0 Å². The lowest BCUT2D eigenvalue weighted by Crippen LogP contribution is -2.41. The first kappa shape index (κ1) is 28.0. The Morgan fingerprint density at radius 3 is 2.45 bits per heavy atom. The van der Waals surface area contributed by atoms with Gasteiger partial charge in [0.15, 0.2) is 0 Å². The van der Waals surface area contributed by atoms with Crippen LogP contribution in [-0.2, 0) is 11.3 Å². The number of benzene rings is 1. The van der Waals surface area contributed by atoms with E-state index in [1.54, 1.807) is 22.1 Å². The topological polar surface area (TPSA) is 72.9 Å². The van der Waals surface area contributed by atoms with Gasteiger partial charge in [0.1, 0.15) is 5.82 Å². The van der Waals surface area contributed by atoms with Crippen LogP contribution < -0.4 is 9.80 Å². The summed E-state index contributed by atoms with van der Waals surface area (Å²) in [6, 6.07) is 4.76. The van der Waals surface area contributed by atoms with Gasteiger partial charge in [0, 0.05) is 65.0 Å². The second-order valence-corrected chi connectivity index (χ2v) is 11.0. The van der Waals surface area contributed by atoms with Crippen molar-refractivity contribution in [2.45, 2.75) is 66.5 Å². The highest BCUT2D eigenvalue weighted by molar-refractivity contribution is 5.95. The minimum Gasteiger partial charge on any atom is -0.341 e. The van der Waals surface area contributed by atoms with Crippen molar-refractivity contribution in [1.82, 2.24) is 19.8 Å². The molecule has 0 unspecified atom stereocenters. The summed E-state index contributed by atoms with van der Waals surface area (Å²) >= 11 is 0. The van der Waals surface area contributed by atoms with E-state index in [9.17, 15) is 14.0 Å². The Kier molecular flexibility index (Phi) is 8.97. The molecule has 0 spiro atoms. The van der Waals surface area contributed by atoms with E-state index in [0.717, 1.165) is 44.5 Å². The molecular weight excluding hydrogens is 483 g/mol. The largest absolute Gasteiger partial charge is 0.341 e. The van der Waals surface area contributed by atoms with Crippen molar-refractivity contribution in [1.29, 1.82) is 0 Å². The van der Waals surface area contributed by atoms with E-state index in [-0.39, 0.29) is 24.4 Å². The number of piperidine rings is 1. The molecule has 1 aromatic carbocycles. The Morgan fingerprint density at radius 2 is 1.79 bits per heavy atom. The number of nitrogens with zero attached hydrogens (tertiary/aromatic N) is 6. The normalized spacial score (nSPS) is 18.3. The van der Waals surface area contributed by atoms with Crippen molar-refractivity contribution in [2.24, 2.45) is 5.92 Å². The molecule has 1 saturated heterocycles. The average Bonchev–Trinajstić information content (AvgIpc) is 2.91. The molecule has 2 amide bonds. The van der Waals surface area contributed by atoms with E-state index < -0.39 is 5.82 Å². The van der Waals surface area contributed by atoms with Crippen LogP contribution in [0, 0.1) is 18.7 Å². The van der Waals surface area contributed by atoms with Gasteiger partial charge < -0.3 is 14.7 Å². The van der Waals surface area contributed by atoms with Crippen LogP contribution in [0.3, 0.4) is 0 Å². The molecule has 2 aromatic rings. The van der Waals surface area contributed by atoms with Crippen LogP contribution in [0.2, 0.25) is 0 Å². The van der Waals surface area contributed by atoms with Gasteiger partial charge in [0.2, 0.25) is 11.9 Å². The van der Waals surface area contributed by atoms with Gasteiger partial charge in [-0.05, 0) is 63.6 Å². The third-order valence-electron chi connectivity index (χ3n) is 7.84. The number of hydrogen-bond donors (Lipinski definition) is 0. The molecule has 3 heterocycles. The maximum Gasteiger partial charge on any atom is 0.257 e. The lowest BCUT2D eigenvalue weighted by molar-refractivity contribution is -0.116. The van der Waals surface area contributed by atoms with Gasteiger partial charge in [-0.3, -0.25) is 14.5 Å². The van der Waals surface area contributed by atoms with E-state index in [1.165, 1.54) is 19.1 Å². The van der Waals surface area contributed by atoms with Crippen LogP contribution >= 0.6 is 0 Å². The van der Waals surface area contributed by atoms with Crippen LogP contribution in [0.25, 0.3) is 0 Å². The number of halogens is 1. The minimum atomic E-state index is -0.404. The van der Waals surface area contributed by atoms with Crippen LogP contribution in [0.5, 0.6) is 0 Å². The third-order valence-corrected chi connectivity index (χ3v) is 7.84. The third kappa shape index (κ3) is 6.49. The van der Waals surface area contributed by atoms with E-state index in [1.807, 2.05) is 6.92 Å². The SMILES string of the molecule is CC(=O)N1CCCN(C(C)C)CCN(C(=O)c2cnc(N3CCC(C)CC3)nc2C)Cc2ccc(F)cc21. The first-order chi connectivity index (χ1) is 18.1. The number of anilines is 2. The number of hydrogen-bond acceptors (Lipinski definition) is 6. The molecule has 1 aromatic heterocycles. The Balaban J connectivity index is 1.66. The number of rotatable bonds is 3. The molecule has 4 rings (SSSR count). The smallest absolute Gasteiger partial charge is 0.257 e. The van der Waals surface area contributed by atoms with E-state index >= 15 is 0 Å².